The highest BCUT2D eigenvalue weighted by Crippen LogP contribution is 2.54. The first-order valence-electron chi connectivity index (χ1n) is 12.2. The number of unbranched alkanes of at least 4 members (excludes halogenated alkanes) is 1. The van der Waals surface area contributed by atoms with Gasteiger partial charge in [-0.15, -0.1) is 0 Å². The van der Waals surface area contributed by atoms with Crippen LogP contribution < -0.4 is 0 Å². The lowest BCUT2D eigenvalue weighted by Crippen LogP contribution is -2.44. The number of hydrogen-bond acceptors (Lipinski definition) is 5. The van der Waals surface area contributed by atoms with E-state index in [0.29, 0.717) is 13.2 Å². The minimum atomic E-state index is -1.92. The molecule has 0 aromatic heterocycles. The van der Waals surface area contributed by atoms with Gasteiger partial charge in [0.25, 0.3) is 0 Å². The summed E-state index contributed by atoms with van der Waals surface area (Å²) in [5.74, 6) is -1.61. The predicted octanol–water partition coefficient (Wildman–Crippen LogP) is 5.96. The smallest absolute Gasteiger partial charge is 0.226 e. The number of ether oxygens (including phenoxy) is 4. The molecule has 4 rings (SSSR count). The van der Waals surface area contributed by atoms with Crippen LogP contribution in [-0.4, -0.2) is 39.0 Å². The molecule has 0 aliphatic carbocycles. The molecule has 32 heavy (non-hydrogen) atoms. The maximum atomic E-state index is 6.73. The molecule has 1 aromatic rings. The Morgan fingerprint density at radius 3 is 2.50 bits per heavy atom. The molecule has 2 saturated heterocycles. The number of benzene rings is 1. The fraction of sp³-hybridized carbons (Fsp3) is 0.769. The first kappa shape index (κ1) is 24.4. The van der Waals surface area contributed by atoms with Crippen molar-refractivity contribution in [1.82, 2.24) is 0 Å². The average molecular weight is 463 g/mol. The van der Waals surface area contributed by atoms with Crippen LogP contribution in [0, 0.1) is 6.92 Å². The molecule has 180 valence electrons. The van der Waals surface area contributed by atoms with Gasteiger partial charge >= 0.3 is 0 Å². The Morgan fingerprint density at radius 2 is 1.84 bits per heavy atom. The molecule has 0 N–H and O–H groups in total. The van der Waals surface area contributed by atoms with Gasteiger partial charge in [-0.1, -0.05) is 46.2 Å². The monoisotopic (exact) mass is 462 g/mol. The molecule has 4 atom stereocenters. The fourth-order valence-electron chi connectivity index (χ4n) is 5.00. The highest BCUT2D eigenvalue weighted by atomic mass is 28.4. The van der Waals surface area contributed by atoms with Crippen molar-refractivity contribution in [2.75, 3.05) is 6.61 Å². The lowest BCUT2D eigenvalue weighted by molar-refractivity contribution is -0.297. The molecule has 3 aliphatic heterocycles. The van der Waals surface area contributed by atoms with Crippen LogP contribution in [0.2, 0.25) is 18.1 Å². The van der Waals surface area contributed by atoms with Crippen molar-refractivity contribution in [1.29, 1.82) is 0 Å². The van der Waals surface area contributed by atoms with Gasteiger partial charge in [0, 0.05) is 5.56 Å². The second-order valence-electron chi connectivity index (χ2n) is 11.8. The predicted molar refractivity (Wildman–Crippen MR) is 128 cm³/mol. The summed E-state index contributed by atoms with van der Waals surface area (Å²) in [5.41, 5.74) is 4.93. The summed E-state index contributed by atoms with van der Waals surface area (Å²) in [4.78, 5) is 0. The summed E-state index contributed by atoms with van der Waals surface area (Å²) >= 11 is 0. The van der Waals surface area contributed by atoms with Crippen molar-refractivity contribution in [3.63, 3.8) is 0 Å². The van der Waals surface area contributed by atoms with Crippen molar-refractivity contribution in [2.24, 2.45) is 0 Å². The fourth-order valence-corrected chi connectivity index (χ4v) is 6.02. The van der Waals surface area contributed by atoms with E-state index in [1.807, 2.05) is 13.8 Å². The molecule has 2 fully saturated rings. The van der Waals surface area contributed by atoms with Gasteiger partial charge in [-0.25, -0.2) is 0 Å². The molecule has 3 aliphatic rings. The van der Waals surface area contributed by atoms with Crippen LogP contribution in [0.3, 0.4) is 0 Å². The number of fused-ring (bicyclic) bond motifs is 4. The summed E-state index contributed by atoms with van der Waals surface area (Å²) in [6.07, 6.45) is 2.72. The van der Waals surface area contributed by atoms with E-state index in [4.69, 9.17) is 23.4 Å². The third-order valence-electron chi connectivity index (χ3n) is 7.70. The second-order valence-corrected chi connectivity index (χ2v) is 16.6. The van der Waals surface area contributed by atoms with E-state index in [-0.39, 0.29) is 23.4 Å². The van der Waals surface area contributed by atoms with Gasteiger partial charge < -0.3 is 23.4 Å². The van der Waals surface area contributed by atoms with Gasteiger partial charge in [0.1, 0.15) is 18.3 Å². The van der Waals surface area contributed by atoms with E-state index in [1.165, 1.54) is 29.5 Å². The van der Waals surface area contributed by atoms with E-state index in [0.717, 1.165) is 12.0 Å². The summed E-state index contributed by atoms with van der Waals surface area (Å²) < 4.78 is 32.6. The maximum Gasteiger partial charge on any atom is 0.226 e. The normalized spacial score (nSPS) is 31.3. The van der Waals surface area contributed by atoms with Gasteiger partial charge in [0.15, 0.2) is 14.1 Å². The molecule has 1 spiro atoms. The molecule has 0 bridgehead atoms. The van der Waals surface area contributed by atoms with Crippen molar-refractivity contribution in [3.05, 3.63) is 34.4 Å². The summed E-state index contributed by atoms with van der Waals surface area (Å²) in [6, 6.07) is 4.59. The summed E-state index contributed by atoms with van der Waals surface area (Å²) in [6.45, 7) is 20.7. The standard InChI is InChI=1S/C26H42O5Si/c1-10-11-12-18-13-17(2)21-19(14-18)15-27-26(21)23-22(30-25(6,7)31-23)20(29-26)16-28-32(8,9)24(3,4)5/h13-14,20,22-23H,10-12,15-16H2,1-9H3. The second kappa shape index (κ2) is 8.17. The van der Waals surface area contributed by atoms with E-state index in [9.17, 15) is 0 Å². The maximum absolute atomic E-state index is 6.73. The number of hydrogen-bond donors (Lipinski definition) is 0. The molecule has 0 saturated carbocycles. The molecular weight excluding hydrogens is 420 g/mol. The first-order valence-corrected chi connectivity index (χ1v) is 15.1. The quantitative estimate of drug-likeness (QED) is 0.488. The minimum Gasteiger partial charge on any atom is -0.414 e. The topological polar surface area (TPSA) is 46.2 Å². The summed E-state index contributed by atoms with van der Waals surface area (Å²) in [7, 11) is -1.92. The molecule has 5 nitrogen and oxygen atoms in total. The Kier molecular flexibility index (Phi) is 6.22. The van der Waals surface area contributed by atoms with E-state index in [1.54, 1.807) is 0 Å². The van der Waals surface area contributed by atoms with E-state index >= 15 is 0 Å². The van der Waals surface area contributed by atoms with Crippen LogP contribution in [-0.2, 0) is 42.2 Å². The largest absolute Gasteiger partial charge is 0.414 e. The van der Waals surface area contributed by atoms with Gasteiger partial charge in [-0.2, -0.15) is 0 Å². The zero-order valence-electron chi connectivity index (χ0n) is 21.5. The number of rotatable bonds is 6. The average Bonchev–Trinajstić information content (AvgIpc) is 3.29. The Balaban J connectivity index is 1.65. The van der Waals surface area contributed by atoms with Gasteiger partial charge in [-0.05, 0) is 68.4 Å². The van der Waals surface area contributed by atoms with Crippen LogP contribution in [0.5, 0.6) is 0 Å². The van der Waals surface area contributed by atoms with Crippen molar-refractivity contribution in [3.8, 4) is 0 Å². The van der Waals surface area contributed by atoms with Crippen LogP contribution in [0.1, 0.15) is 76.6 Å². The number of aryl methyl sites for hydroxylation is 2. The zero-order chi connectivity index (χ0) is 23.5. The SMILES string of the molecule is CCCCc1cc(C)c2c(c1)COC21OC(CO[Si](C)(C)C(C)(C)C)C2OC(C)(C)OC21. The van der Waals surface area contributed by atoms with Crippen molar-refractivity contribution < 1.29 is 23.4 Å². The third kappa shape index (κ3) is 4.12. The Bertz CT molecular complexity index is 859. The summed E-state index contributed by atoms with van der Waals surface area (Å²) in [5, 5.41) is 0.136. The molecular formula is C26H42O5Si. The molecule has 0 radical (unpaired) electrons. The van der Waals surface area contributed by atoms with Crippen LogP contribution in [0.15, 0.2) is 12.1 Å². The van der Waals surface area contributed by atoms with Crippen molar-refractivity contribution >= 4 is 8.32 Å². The Morgan fingerprint density at radius 1 is 1.12 bits per heavy atom. The Labute approximate surface area is 195 Å². The van der Waals surface area contributed by atoms with Crippen molar-refractivity contribution in [2.45, 2.75) is 122 Å². The molecule has 3 heterocycles. The third-order valence-corrected chi connectivity index (χ3v) is 12.2. The minimum absolute atomic E-state index is 0.136. The Hall–Kier alpha value is -0.763. The van der Waals surface area contributed by atoms with Gasteiger partial charge in [-0.3, -0.25) is 0 Å². The van der Waals surface area contributed by atoms with Gasteiger partial charge in [0.05, 0.1) is 13.2 Å². The lowest BCUT2D eigenvalue weighted by atomic mass is 9.90. The molecule has 0 amide bonds. The molecule has 4 unspecified atom stereocenters. The molecule has 6 heteroatoms. The van der Waals surface area contributed by atoms with E-state index in [2.05, 4.69) is 59.8 Å². The van der Waals surface area contributed by atoms with Crippen LogP contribution in [0.4, 0.5) is 0 Å². The zero-order valence-corrected chi connectivity index (χ0v) is 22.5. The lowest BCUT2D eigenvalue weighted by Gasteiger charge is -2.37. The van der Waals surface area contributed by atoms with Crippen LogP contribution in [0.25, 0.3) is 0 Å². The van der Waals surface area contributed by atoms with E-state index < -0.39 is 19.9 Å². The highest BCUT2D eigenvalue weighted by molar-refractivity contribution is 6.74. The van der Waals surface area contributed by atoms with Gasteiger partial charge in [0.2, 0.25) is 5.79 Å². The molecule has 1 aromatic carbocycles. The van der Waals surface area contributed by atoms with Crippen LogP contribution >= 0.6 is 0 Å². The highest BCUT2D eigenvalue weighted by Gasteiger charge is 2.67. The first-order chi connectivity index (χ1) is 14.8.